The van der Waals surface area contributed by atoms with Crippen molar-refractivity contribution >= 4 is 23.6 Å². The van der Waals surface area contributed by atoms with Crippen molar-refractivity contribution in [3.8, 4) is 22.6 Å². The highest BCUT2D eigenvalue weighted by Gasteiger charge is 2.25. The molecule has 248 valence electrons. The molecule has 0 aliphatic carbocycles. The minimum atomic E-state index is -1.10. The van der Waals surface area contributed by atoms with Gasteiger partial charge in [0.1, 0.15) is 17.5 Å². The largest absolute Gasteiger partial charge is 0.508 e. The van der Waals surface area contributed by atoms with Gasteiger partial charge in [-0.05, 0) is 92.2 Å². The minimum Gasteiger partial charge on any atom is -0.508 e. The quantitative estimate of drug-likeness (QED) is 0.0904. The molecular weight excluding hydrogens is 580 g/mol. The smallest absolute Gasteiger partial charge is 0.243 e. The molecule has 4 amide bonds. The van der Waals surface area contributed by atoms with E-state index >= 15 is 0 Å². The number of aromatic hydroxyl groups is 2. The van der Waals surface area contributed by atoms with Crippen molar-refractivity contribution in [3.63, 3.8) is 0 Å². The number of nitrogens with two attached hydrogens (primary N) is 4. The molecule has 0 aliphatic rings. The van der Waals surface area contributed by atoms with Crippen molar-refractivity contribution < 1.29 is 29.4 Å². The molecule has 0 fully saturated rings. The molecule has 0 aromatic heterocycles. The first kappa shape index (κ1) is 36.9. The van der Waals surface area contributed by atoms with Crippen LogP contribution in [0, 0.1) is 6.92 Å². The van der Waals surface area contributed by atoms with Crippen LogP contribution in [0.15, 0.2) is 36.4 Å². The lowest BCUT2D eigenvalue weighted by Gasteiger charge is -2.22. The van der Waals surface area contributed by atoms with Gasteiger partial charge in [-0.15, -0.1) is 0 Å². The maximum atomic E-state index is 13.0. The van der Waals surface area contributed by atoms with Gasteiger partial charge in [0.05, 0.1) is 12.6 Å². The number of amides is 4. The predicted octanol–water partition coefficient (Wildman–Crippen LogP) is -1.03. The first-order valence-electron chi connectivity index (χ1n) is 15.1. The lowest BCUT2D eigenvalue weighted by molar-refractivity contribution is -0.131. The minimum absolute atomic E-state index is 0.0146. The van der Waals surface area contributed by atoms with Crippen molar-refractivity contribution in [1.82, 2.24) is 21.3 Å². The van der Waals surface area contributed by atoms with E-state index in [0.717, 1.165) is 11.1 Å². The second-order valence-electron chi connectivity index (χ2n) is 10.9. The average molecular weight is 629 g/mol. The van der Waals surface area contributed by atoms with Gasteiger partial charge in [-0.3, -0.25) is 19.2 Å². The summed E-state index contributed by atoms with van der Waals surface area (Å²) in [7, 11) is 0. The highest BCUT2D eigenvalue weighted by Crippen LogP contribution is 2.29. The molecule has 0 radical (unpaired) electrons. The molecule has 0 heterocycles. The number of phenolic OH excluding ortho intramolecular Hbond substituents is 2. The van der Waals surface area contributed by atoms with Gasteiger partial charge in [0.15, 0.2) is 0 Å². The third kappa shape index (κ3) is 12.7. The summed E-state index contributed by atoms with van der Waals surface area (Å²) in [4.78, 5) is 50.8. The number of aryl methyl sites for hydroxylation is 1. The summed E-state index contributed by atoms with van der Waals surface area (Å²) < 4.78 is 0. The lowest BCUT2D eigenvalue weighted by atomic mass is 9.97. The average Bonchev–Trinajstić information content (AvgIpc) is 3.01. The lowest BCUT2D eigenvalue weighted by Crippen LogP contribution is -2.53. The van der Waals surface area contributed by atoms with Crippen molar-refractivity contribution in [2.24, 2.45) is 22.9 Å². The van der Waals surface area contributed by atoms with Crippen LogP contribution in [0.5, 0.6) is 11.5 Å². The van der Waals surface area contributed by atoms with E-state index < -0.39 is 35.8 Å². The summed E-state index contributed by atoms with van der Waals surface area (Å²) in [5, 5.41) is 30.8. The van der Waals surface area contributed by atoms with Crippen molar-refractivity contribution in [3.05, 3.63) is 47.5 Å². The van der Waals surface area contributed by atoms with Gasteiger partial charge in [0.2, 0.25) is 23.6 Å². The molecule has 2 aromatic rings. The zero-order valence-electron chi connectivity index (χ0n) is 25.8. The fourth-order valence-corrected chi connectivity index (χ4v) is 4.63. The zero-order chi connectivity index (χ0) is 33.4. The molecule has 0 saturated heterocycles. The third-order valence-corrected chi connectivity index (χ3v) is 7.16. The van der Waals surface area contributed by atoms with E-state index in [2.05, 4.69) is 21.3 Å². The molecule has 0 saturated carbocycles. The number of phenols is 2. The molecule has 2 aromatic carbocycles. The van der Waals surface area contributed by atoms with Crippen molar-refractivity contribution in [1.29, 1.82) is 0 Å². The number of carbonyl (C=O) groups is 4. The maximum Gasteiger partial charge on any atom is 0.243 e. The SMILES string of the molecule is Cc1cc(-c2ccc(O)c(C[C@H](N)C(=O)N[C@@H](CCCN)C(=O)NCC(=O)NC(CCCN)CC(=O)NCCN)c2)ccc1O. The fourth-order valence-electron chi connectivity index (χ4n) is 4.63. The van der Waals surface area contributed by atoms with E-state index in [4.69, 9.17) is 22.9 Å². The predicted molar refractivity (Wildman–Crippen MR) is 172 cm³/mol. The number of benzene rings is 2. The second-order valence-corrected chi connectivity index (χ2v) is 10.9. The van der Waals surface area contributed by atoms with Crippen LogP contribution in [0.3, 0.4) is 0 Å². The highest BCUT2D eigenvalue weighted by atomic mass is 16.3. The first-order chi connectivity index (χ1) is 21.5. The van der Waals surface area contributed by atoms with E-state index in [0.29, 0.717) is 50.0 Å². The summed E-state index contributed by atoms with van der Waals surface area (Å²) >= 11 is 0. The third-order valence-electron chi connectivity index (χ3n) is 7.16. The topological polar surface area (TPSA) is 261 Å². The maximum absolute atomic E-state index is 13.0. The first-order valence-corrected chi connectivity index (χ1v) is 15.1. The Labute approximate surface area is 263 Å². The van der Waals surface area contributed by atoms with Crippen LogP contribution >= 0.6 is 0 Å². The van der Waals surface area contributed by atoms with Gasteiger partial charge in [0, 0.05) is 32.0 Å². The van der Waals surface area contributed by atoms with Crippen LogP contribution in [0.25, 0.3) is 11.1 Å². The summed E-state index contributed by atoms with van der Waals surface area (Å²) in [6.07, 6.45) is 1.73. The van der Waals surface area contributed by atoms with Gasteiger partial charge in [-0.25, -0.2) is 0 Å². The Morgan fingerprint density at radius 1 is 0.778 bits per heavy atom. The molecule has 0 spiro atoms. The number of nitrogens with one attached hydrogen (secondary N) is 4. The highest BCUT2D eigenvalue weighted by molar-refractivity contribution is 5.92. The van der Waals surface area contributed by atoms with E-state index in [1.807, 2.05) is 0 Å². The zero-order valence-corrected chi connectivity index (χ0v) is 25.8. The van der Waals surface area contributed by atoms with Gasteiger partial charge >= 0.3 is 0 Å². The van der Waals surface area contributed by atoms with Gasteiger partial charge in [-0.2, -0.15) is 0 Å². The fraction of sp³-hybridized carbons (Fsp3) is 0.484. The molecule has 14 N–H and O–H groups in total. The van der Waals surface area contributed by atoms with Crippen LogP contribution in [0.1, 0.15) is 43.2 Å². The normalized spacial score (nSPS) is 12.9. The molecule has 3 atom stereocenters. The molecule has 0 bridgehead atoms. The molecule has 45 heavy (non-hydrogen) atoms. The summed E-state index contributed by atoms with van der Waals surface area (Å²) in [6.45, 7) is 2.68. The van der Waals surface area contributed by atoms with E-state index in [1.54, 1.807) is 37.3 Å². The van der Waals surface area contributed by atoms with Crippen molar-refractivity contribution in [2.45, 2.75) is 63.6 Å². The summed E-state index contributed by atoms with van der Waals surface area (Å²) in [6, 6.07) is 7.49. The Morgan fingerprint density at radius 2 is 1.42 bits per heavy atom. The molecule has 14 heteroatoms. The molecule has 2 rings (SSSR count). The Hall–Kier alpha value is -4.24. The summed E-state index contributed by atoms with van der Waals surface area (Å²) in [5.41, 5.74) is 25.5. The number of carbonyl (C=O) groups excluding carboxylic acids is 4. The van der Waals surface area contributed by atoms with Gasteiger partial charge in [0.25, 0.3) is 0 Å². The van der Waals surface area contributed by atoms with E-state index in [9.17, 15) is 29.4 Å². The van der Waals surface area contributed by atoms with Gasteiger partial charge < -0.3 is 54.4 Å². The molecule has 14 nitrogen and oxygen atoms in total. The van der Waals surface area contributed by atoms with Gasteiger partial charge in [-0.1, -0.05) is 12.1 Å². The number of rotatable bonds is 19. The van der Waals surface area contributed by atoms with Crippen LogP contribution in [-0.4, -0.2) is 84.7 Å². The Morgan fingerprint density at radius 3 is 2.07 bits per heavy atom. The van der Waals surface area contributed by atoms with Crippen LogP contribution in [0.2, 0.25) is 0 Å². The van der Waals surface area contributed by atoms with E-state index in [1.165, 1.54) is 6.07 Å². The molecular formula is C31H48N8O6. The molecule has 0 aliphatic heterocycles. The van der Waals surface area contributed by atoms with Crippen molar-refractivity contribution in [2.75, 3.05) is 32.7 Å². The van der Waals surface area contributed by atoms with E-state index in [-0.39, 0.29) is 49.8 Å². The molecule has 1 unspecified atom stereocenters. The Kier molecular flexibility index (Phi) is 15.8. The van der Waals surface area contributed by atoms with Crippen LogP contribution < -0.4 is 44.2 Å². The Bertz CT molecular complexity index is 1290. The number of hydrogen-bond donors (Lipinski definition) is 10. The Balaban J connectivity index is 2.01. The van der Waals surface area contributed by atoms with Crippen LogP contribution in [-0.2, 0) is 25.6 Å². The summed E-state index contributed by atoms with van der Waals surface area (Å²) in [5.74, 6) is -1.85. The monoisotopic (exact) mass is 628 g/mol. The second kappa shape index (κ2) is 19.2. The number of hydrogen-bond acceptors (Lipinski definition) is 10. The standard InChI is InChI=1S/C31H48N8O6/c1-19-14-20(6-8-26(19)40)21-7-9-27(41)22(15-21)16-24(35)30(44)39-25(5-3-11-33)31(45)37-18-29(43)38-23(4-2-10-32)17-28(42)36-13-12-34/h6-9,14-15,23-25,40-41H,2-5,10-13,16-18,32-35H2,1H3,(H,36,42)(H,37,45)(H,38,43)(H,39,44)/t23?,24-,25-/m0/s1. The van der Waals surface area contributed by atoms with Crippen LogP contribution in [0.4, 0.5) is 0 Å².